The lowest BCUT2D eigenvalue weighted by Gasteiger charge is -2.37. The van der Waals surface area contributed by atoms with Crippen molar-refractivity contribution in [1.82, 2.24) is 26.6 Å². The smallest absolute Gasteiger partial charge is 0.344 e. The number of anilines is 5. The summed E-state index contributed by atoms with van der Waals surface area (Å²) in [4.78, 5) is 74.4. The molecule has 0 aliphatic carbocycles. The molecule has 0 saturated carbocycles. The molecule has 5 saturated heterocycles. The molecule has 134 heavy (non-hydrogen) atoms. The fourth-order valence-electron chi connectivity index (χ4n) is 18.4. The highest BCUT2D eigenvalue weighted by molar-refractivity contribution is 6.31. The Hall–Kier alpha value is -14.3. The molecule has 5 fully saturated rings. The van der Waals surface area contributed by atoms with Gasteiger partial charge in [-0.3, -0.25) is 0 Å². The van der Waals surface area contributed by atoms with Gasteiger partial charge < -0.3 is 111 Å². The summed E-state index contributed by atoms with van der Waals surface area (Å²) < 4.78 is 84.5. The zero-order chi connectivity index (χ0) is 91.8. The van der Waals surface area contributed by atoms with Crippen molar-refractivity contribution in [3.63, 3.8) is 0 Å². The second kappa shape index (κ2) is 38.1. The molecule has 5 aromatic heterocycles. The monoisotopic (exact) mass is 1830 g/mol. The molecule has 0 spiro atoms. The van der Waals surface area contributed by atoms with E-state index in [1.54, 1.807) is 6.07 Å². The number of nitrogens with zero attached hydrogens (tertiary/aromatic N) is 5. The van der Waals surface area contributed by atoms with Gasteiger partial charge >= 0.3 is 28.1 Å². The van der Waals surface area contributed by atoms with E-state index in [-0.39, 0.29) is 54.7 Å². The lowest BCUT2D eigenvalue weighted by molar-refractivity contribution is 0.173. The fourth-order valence-corrected chi connectivity index (χ4v) is 18.6. The summed E-state index contributed by atoms with van der Waals surface area (Å²) >= 11 is 5.83. The maximum atomic E-state index is 13.4. The van der Waals surface area contributed by atoms with Gasteiger partial charge in [0, 0.05) is 214 Å². The van der Waals surface area contributed by atoms with Gasteiger partial charge in [0.1, 0.15) is 33.7 Å². The average Bonchev–Trinajstić information content (AvgIpc) is 1.19. The Labute approximate surface area is 773 Å². The van der Waals surface area contributed by atoms with Crippen LogP contribution in [0.4, 0.5) is 32.8 Å². The van der Waals surface area contributed by atoms with E-state index in [9.17, 15) is 28.4 Å². The highest BCUT2D eigenvalue weighted by Crippen LogP contribution is 2.42. The van der Waals surface area contributed by atoms with Crippen molar-refractivity contribution >= 4 is 94.9 Å². The number of nitrogens with one attached hydrogen (secondary N) is 5. The van der Waals surface area contributed by atoms with E-state index in [2.05, 4.69) is 110 Å². The Morgan fingerprint density at radius 2 is 0.530 bits per heavy atom. The van der Waals surface area contributed by atoms with E-state index in [0.717, 1.165) is 176 Å². The van der Waals surface area contributed by atoms with E-state index in [4.69, 9.17) is 71.6 Å². The van der Waals surface area contributed by atoms with Crippen molar-refractivity contribution in [3.05, 3.63) is 275 Å². The Morgan fingerprint density at radius 1 is 0.276 bits per heavy atom. The summed E-state index contributed by atoms with van der Waals surface area (Å²) in [5.41, 5.74) is 12.4. The highest BCUT2D eigenvalue weighted by Gasteiger charge is 2.28. The zero-order valence-corrected chi connectivity index (χ0v) is 75.1. The second-order valence-corrected chi connectivity index (χ2v) is 35.2. The van der Waals surface area contributed by atoms with Crippen molar-refractivity contribution in [3.8, 4) is 102 Å². The summed E-state index contributed by atoms with van der Waals surface area (Å²) in [6.45, 7) is 25.7. The van der Waals surface area contributed by atoms with Gasteiger partial charge in [-0.25, -0.2) is 28.4 Å². The molecule has 15 aromatic rings. The van der Waals surface area contributed by atoms with E-state index >= 15 is 0 Å². The van der Waals surface area contributed by atoms with Crippen molar-refractivity contribution in [2.75, 3.05) is 150 Å². The molecule has 10 aromatic carbocycles. The first-order valence-corrected chi connectivity index (χ1v) is 45.4. The molecule has 0 unspecified atom stereocenters. The van der Waals surface area contributed by atoms with Gasteiger partial charge in [0.15, 0.2) is 46.0 Å². The first-order valence-electron chi connectivity index (χ1n) is 45.1. The van der Waals surface area contributed by atoms with Crippen LogP contribution in [0, 0.1) is 5.82 Å². The van der Waals surface area contributed by atoms with E-state index in [1.807, 2.05) is 164 Å². The minimum absolute atomic E-state index is 0.0230. The molecule has 0 radical (unpaired) electrons. The van der Waals surface area contributed by atoms with Crippen LogP contribution in [0.2, 0.25) is 5.02 Å². The van der Waals surface area contributed by atoms with Crippen LogP contribution in [0.15, 0.2) is 258 Å². The third kappa shape index (κ3) is 19.1. The lowest BCUT2D eigenvalue weighted by atomic mass is 10.0. The van der Waals surface area contributed by atoms with Crippen LogP contribution < -0.4 is 117 Å². The molecule has 5 N–H and O–H groups in total. The average molecular weight is 1830 g/mol. The molecule has 14 heterocycles. The summed E-state index contributed by atoms with van der Waals surface area (Å²) in [6, 6.07) is 67.6. The van der Waals surface area contributed by atoms with Crippen molar-refractivity contribution in [1.29, 1.82) is 0 Å². The normalized spacial score (nSPS) is 18.6. The Bertz CT molecular complexity index is 7140. The maximum Gasteiger partial charge on any atom is 0.344 e. The molecule has 686 valence electrons. The molecule has 5 atom stereocenters. The van der Waals surface area contributed by atoms with Crippen LogP contribution >= 0.6 is 11.6 Å². The van der Waals surface area contributed by atoms with Gasteiger partial charge in [0.2, 0.25) is 27.2 Å². The second-order valence-electron chi connectivity index (χ2n) is 34.8. The van der Waals surface area contributed by atoms with E-state index < -0.39 is 11.4 Å². The van der Waals surface area contributed by atoms with Gasteiger partial charge in [-0.05, 0) is 214 Å². The Morgan fingerprint density at radius 3 is 0.821 bits per heavy atom. The summed E-state index contributed by atoms with van der Waals surface area (Å²) in [7, 11) is 0. The Kier molecular flexibility index (Phi) is 24.9. The number of rotatable bonds is 10. The number of piperazine rings is 5. The van der Waals surface area contributed by atoms with Crippen LogP contribution in [0.3, 0.4) is 0 Å². The van der Waals surface area contributed by atoms with Crippen LogP contribution in [0.5, 0.6) is 46.0 Å². The number of fused-ring (bicyclic) bond motifs is 9. The quantitative estimate of drug-likeness (QED) is 0.0795. The van der Waals surface area contributed by atoms with Crippen LogP contribution in [-0.2, 0) is 0 Å². The molecular weight excluding hydrogens is 1730 g/mol. The number of benzene rings is 10. The number of halogens is 2. The predicted octanol–water partition coefficient (Wildman–Crippen LogP) is 16.0. The zero-order valence-electron chi connectivity index (χ0n) is 74.4. The third-order valence-electron chi connectivity index (χ3n) is 25.2. The number of hydrogen-bond acceptors (Lipinski definition) is 28. The minimum atomic E-state index is -0.518. The highest BCUT2D eigenvalue weighted by atomic mass is 35.5. The molecule has 0 bridgehead atoms. The number of hydrogen-bond donors (Lipinski definition) is 5. The first-order chi connectivity index (χ1) is 65.2. The maximum absolute atomic E-state index is 13.4. The molecule has 28 nitrogen and oxygen atoms in total. The van der Waals surface area contributed by atoms with Crippen LogP contribution in [-0.4, -0.2) is 156 Å². The van der Waals surface area contributed by atoms with E-state index in [1.165, 1.54) is 18.2 Å². The van der Waals surface area contributed by atoms with E-state index in [0.29, 0.717) is 138 Å². The van der Waals surface area contributed by atoms with Crippen LogP contribution in [0.25, 0.3) is 110 Å². The summed E-state index contributed by atoms with van der Waals surface area (Å²) in [5.74, 6) is 4.85. The van der Waals surface area contributed by atoms with Crippen LogP contribution in [0.1, 0.15) is 34.6 Å². The van der Waals surface area contributed by atoms with Gasteiger partial charge in [-0.1, -0.05) is 41.9 Å². The molecule has 9 aliphatic rings. The van der Waals surface area contributed by atoms with Gasteiger partial charge in [-0.2, -0.15) is 0 Å². The molecule has 0 amide bonds. The topological polar surface area (TPSA) is 301 Å². The van der Waals surface area contributed by atoms with Gasteiger partial charge in [-0.15, -0.1) is 0 Å². The molecule has 24 rings (SSSR count). The Balaban J connectivity index is 0.000000104. The summed E-state index contributed by atoms with van der Waals surface area (Å²) in [5, 5.41) is 21.5. The van der Waals surface area contributed by atoms with Crippen molar-refractivity contribution < 1.29 is 64.4 Å². The largest absolute Gasteiger partial charge is 0.454 e. The van der Waals surface area contributed by atoms with Gasteiger partial charge in [0.05, 0.1) is 32.8 Å². The lowest BCUT2D eigenvalue weighted by Crippen LogP contribution is -2.54. The molecular formula is C104H98ClFN10O18. The predicted molar refractivity (Wildman–Crippen MR) is 517 cm³/mol. The fraction of sp³-hybridized carbons (Fsp3) is 0.279. The molecule has 30 heteroatoms. The number of ether oxygens (including phenoxy) is 8. The van der Waals surface area contributed by atoms with Crippen molar-refractivity contribution in [2.45, 2.75) is 64.8 Å². The molecule has 9 aliphatic heterocycles. The minimum Gasteiger partial charge on any atom is -0.454 e. The SMILES string of the molecule is C[C@@H]1CN(c2ccc3cc(-c4ccc5c(c4)OCO5)c(=O)oc3c2)CCN1.C[C@@H]1CN(c2ccc3cc(-c4ccc5c(c4)OCO5)c(=O)oc3c2)C[C@H](C)N1.C[C@H]1CN(c2ccc3cc(-c4ccc(F)c(Cl)c4)c(=O)oc3c2)CCN1.C[C@H]1CN(c2ccc3cc(-c4ccc5c(c4)OCO5)c(=O)oc3c2)CCN1.O=c1oc2cc(N3CCNCC3)ccc2cc1-c1ccc2c(c1)OCO2. The summed E-state index contributed by atoms with van der Waals surface area (Å²) in [6.07, 6.45) is 0. The van der Waals surface area contributed by atoms with Gasteiger partial charge in [0.25, 0.3) is 0 Å². The van der Waals surface area contributed by atoms with Crippen molar-refractivity contribution in [2.24, 2.45) is 0 Å². The first kappa shape index (κ1) is 87.6. The third-order valence-corrected chi connectivity index (χ3v) is 25.5. The standard InChI is InChI=1S/C22H22N2O4.2C21H20N2O4.C20H18ClFN2O2.C20H18N2O4/c1-13-10-24(11-14(2)23-13)17-5-3-16-7-18(22(25)28-20(16)9-17)15-4-6-19-21(8-15)27-12-26-19;2*1-13-11-23(7-6-22-13)16-4-2-15-8-17(21(24)27-19(15)10-16)14-3-5-18-20(9-14)26-12-25-18;1-12-11-24(7-6-23-12)15-4-2-14-8-16(20(25)26-19(14)10-15)13-3-5-18(22)17(21)9-13;23-20-16(13-2-4-17-19(10-13)25-12-24-17)9-14-1-3-15(11-18(14)26-20)22-7-5-21-6-8-22/h3-9,13-14,23H,10-12H2,1-2H3;2*2-5,8-10,13,22H,6-7,11-12H2,1H3;2-5,8-10,12,23H,6-7,11H2,1H3;1-4,9-11,21H,5-8,12H2/t13-,14+;2*13-;12-;/m.100./s1.